The van der Waals surface area contributed by atoms with Gasteiger partial charge in [0, 0.05) is 6.54 Å². The van der Waals surface area contributed by atoms with Gasteiger partial charge in [0.25, 0.3) is 0 Å². The van der Waals surface area contributed by atoms with Gasteiger partial charge in [-0.05, 0) is 24.5 Å². The minimum atomic E-state index is -0.713. The summed E-state index contributed by atoms with van der Waals surface area (Å²) < 4.78 is 13.0. The van der Waals surface area contributed by atoms with E-state index >= 15 is 0 Å². The maximum Gasteiger partial charge on any atom is 0.129 e. The normalized spacial score (nSPS) is 20.9. The van der Waals surface area contributed by atoms with Crippen LogP contribution in [0.1, 0.15) is 18.9 Å². The number of aromatic nitrogens is 1. The van der Waals surface area contributed by atoms with E-state index in [1.54, 1.807) is 6.20 Å². The van der Waals surface area contributed by atoms with E-state index in [0.717, 1.165) is 30.0 Å². The molecule has 3 nitrogen and oxygen atoms in total. The number of rotatable bonds is 2. The molecule has 1 aliphatic rings. The number of anilines is 2. The Bertz CT molecular complexity index is 354. The largest absolute Gasteiger partial charge is 0.397 e. The van der Waals surface area contributed by atoms with Gasteiger partial charge in [-0.1, -0.05) is 6.92 Å². The van der Waals surface area contributed by atoms with E-state index in [2.05, 4.69) is 11.9 Å². The van der Waals surface area contributed by atoms with Crippen molar-refractivity contribution in [3.05, 3.63) is 17.8 Å². The van der Waals surface area contributed by atoms with Crippen LogP contribution >= 0.6 is 0 Å². The lowest BCUT2D eigenvalue weighted by atomic mass is 10.2. The summed E-state index contributed by atoms with van der Waals surface area (Å²) in [5.41, 5.74) is 7.58. The lowest BCUT2D eigenvalue weighted by Gasteiger charge is -2.17. The van der Waals surface area contributed by atoms with Crippen LogP contribution in [0.25, 0.3) is 0 Å². The number of aryl methyl sites for hydroxylation is 1. The van der Waals surface area contributed by atoms with Gasteiger partial charge >= 0.3 is 0 Å². The summed E-state index contributed by atoms with van der Waals surface area (Å²) in [6.07, 6.45) is 2.44. The molecule has 1 saturated heterocycles. The Morgan fingerprint density at radius 3 is 3.07 bits per heavy atom. The quantitative estimate of drug-likeness (QED) is 0.807. The van der Waals surface area contributed by atoms with E-state index in [4.69, 9.17) is 5.73 Å². The first-order chi connectivity index (χ1) is 7.20. The topological polar surface area (TPSA) is 42.2 Å². The summed E-state index contributed by atoms with van der Waals surface area (Å²) in [4.78, 5) is 6.21. The minimum Gasteiger partial charge on any atom is -0.397 e. The molecule has 1 fully saturated rings. The summed E-state index contributed by atoms with van der Waals surface area (Å²) in [6, 6.07) is 1.97. The summed E-state index contributed by atoms with van der Waals surface area (Å²) in [5, 5.41) is 0. The van der Waals surface area contributed by atoms with Crippen LogP contribution in [0.15, 0.2) is 12.3 Å². The molecular formula is C11H16FN3. The zero-order valence-electron chi connectivity index (χ0n) is 8.91. The number of nitrogen functional groups attached to an aromatic ring is 1. The molecule has 0 radical (unpaired) electrons. The first kappa shape index (κ1) is 10.2. The van der Waals surface area contributed by atoms with Gasteiger partial charge in [0.1, 0.15) is 12.0 Å². The number of halogens is 1. The zero-order chi connectivity index (χ0) is 10.8. The molecule has 2 rings (SSSR count). The molecule has 82 valence electrons. The van der Waals surface area contributed by atoms with Crippen LogP contribution in [0.4, 0.5) is 15.9 Å². The van der Waals surface area contributed by atoms with Crippen molar-refractivity contribution >= 4 is 11.5 Å². The standard InChI is InChI=1S/C11H16FN3/c1-2-8-5-11(14-6-10(8)13)15-4-3-9(12)7-15/h5-6,9H,2-4,7,13H2,1H3/t9-/m1/s1. The molecule has 0 saturated carbocycles. The Hall–Kier alpha value is -1.32. The molecule has 0 amide bonds. The van der Waals surface area contributed by atoms with Gasteiger partial charge < -0.3 is 10.6 Å². The fourth-order valence-corrected chi connectivity index (χ4v) is 1.90. The van der Waals surface area contributed by atoms with Gasteiger partial charge in [0.15, 0.2) is 0 Å². The molecular weight excluding hydrogens is 193 g/mol. The van der Waals surface area contributed by atoms with Crippen molar-refractivity contribution in [3.8, 4) is 0 Å². The van der Waals surface area contributed by atoms with Gasteiger partial charge in [-0.15, -0.1) is 0 Å². The highest BCUT2D eigenvalue weighted by atomic mass is 19.1. The molecule has 0 bridgehead atoms. The van der Waals surface area contributed by atoms with E-state index in [-0.39, 0.29) is 0 Å². The first-order valence-electron chi connectivity index (χ1n) is 5.34. The average Bonchev–Trinajstić information content (AvgIpc) is 2.66. The summed E-state index contributed by atoms with van der Waals surface area (Å²) >= 11 is 0. The number of hydrogen-bond acceptors (Lipinski definition) is 3. The van der Waals surface area contributed by atoms with Gasteiger partial charge in [-0.3, -0.25) is 0 Å². The monoisotopic (exact) mass is 209 g/mol. The maximum atomic E-state index is 13.0. The van der Waals surface area contributed by atoms with E-state index in [1.165, 1.54) is 0 Å². The Kier molecular flexibility index (Phi) is 2.75. The number of pyridine rings is 1. The molecule has 0 aromatic carbocycles. The Labute approximate surface area is 89.1 Å². The molecule has 1 aromatic heterocycles. The van der Waals surface area contributed by atoms with E-state index < -0.39 is 6.17 Å². The zero-order valence-corrected chi connectivity index (χ0v) is 8.91. The fraction of sp³-hybridized carbons (Fsp3) is 0.545. The van der Waals surface area contributed by atoms with Crippen LogP contribution in [0, 0.1) is 0 Å². The Morgan fingerprint density at radius 2 is 2.47 bits per heavy atom. The second kappa shape index (κ2) is 4.04. The van der Waals surface area contributed by atoms with Crippen LogP contribution in [0.5, 0.6) is 0 Å². The van der Waals surface area contributed by atoms with Gasteiger partial charge in [-0.25, -0.2) is 9.37 Å². The molecule has 0 unspecified atom stereocenters. The second-order valence-electron chi connectivity index (χ2n) is 3.93. The average molecular weight is 209 g/mol. The third-order valence-corrected chi connectivity index (χ3v) is 2.85. The van der Waals surface area contributed by atoms with Crippen LogP contribution in [0.3, 0.4) is 0 Å². The molecule has 0 spiro atoms. The van der Waals surface area contributed by atoms with Gasteiger partial charge in [0.05, 0.1) is 18.4 Å². The van der Waals surface area contributed by atoms with Crippen molar-refractivity contribution in [2.45, 2.75) is 25.9 Å². The van der Waals surface area contributed by atoms with Crippen LogP contribution in [-0.4, -0.2) is 24.2 Å². The highest BCUT2D eigenvalue weighted by Crippen LogP contribution is 2.23. The highest BCUT2D eigenvalue weighted by molar-refractivity contribution is 5.53. The molecule has 1 atom stereocenters. The number of hydrogen-bond donors (Lipinski definition) is 1. The van der Waals surface area contributed by atoms with Crippen LogP contribution in [-0.2, 0) is 6.42 Å². The summed E-state index contributed by atoms with van der Waals surface area (Å²) in [7, 11) is 0. The van der Waals surface area contributed by atoms with E-state index in [9.17, 15) is 4.39 Å². The number of nitrogens with two attached hydrogens (primary N) is 1. The number of alkyl halides is 1. The summed E-state index contributed by atoms with van der Waals surface area (Å²) in [5.74, 6) is 0.848. The smallest absolute Gasteiger partial charge is 0.129 e. The molecule has 4 heteroatoms. The lowest BCUT2D eigenvalue weighted by molar-refractivity contribution is 0.364. The molecule has 2 heterocycles. The second-order valence-corrected chi connectivity index (χ2v) is 3.93. The predicted octanol–water partition coefficient (Wildman–Crippen LogP) is 1.77. The molecule has 0 aliphatic carbocycles. The third-order valence-electron chi connectivity index (χ3n) is 2.85. The number of nitrogens with zero attached hydrogens (tertiary/aromatic N) is 2. The van der Waals surface area contributed by atoms with E-state index in [1.807, 2.05) is 11.0 Å². The first-order valence-corrected chi connectivity index (χ1v) is 5.34. The Balaban J connectivity index is 2.21. The summed E-state index contributed by atoms with van der Waals surface area (Å²) in [6.45, 7) is 3.26. The van der Waals surface area contributed by atoms with Crippen molar-refractivity contribution in [3.63, 3.8) is 0 Å². The van der Waals surface area contributed by atoms with Crippen LogP contribution < -0.4 is 10.6 Å². The highest BCUT2D eigenvalue weighted by Gasteiger charge is 2.22. The van der Waals surface area contributed by atoms with Crippen molar-refractivity contribution in [1.29, 1.82) is 0 Å². The van der Waals surface area contributed by atoms with Gasteiger partial charge in [0.2, 0.25) is 0 Å². The minimum absolute atomic E-state index is 0.458. The van der Waals surface area contributed by atoms with Crippen molar-refractivity contribution in [2.75, 3.05) is 23.7 Å². The van der Waals surface area contributed by atoms with Crippen LogP contribution in [0.2, 0.25) is 0 Å². The third kappa shape index (κ3) is 2.03. The van der Waals surface area contributed by atoms with Gasteiger partial charge in [-0.2, -0.15) is 0 Å². The molecule has 15 heavy (non-hydrogen) atoms. The van der Waals surface area contributed by atoms with E-state index in [0.29, 0.717) is 13.0 Å². The van der Waals surface area contributed by atoms with Crippen molar-refractivity contribution < 1.29 is 4.39 Å². The fourth-order valence-electron chi connectivity index (χ4n) is 1.90. The lowest BCUT2D eigenvalue weighted by Crippen LogP contribution is -2.21. The van der Waals surface area contributed by atoms with Crippen molar-refractivity contribution in [1.82, 2.24) is 4.98 Å². The molecule has 1 aromatic rings. The predicted molar refractivity (Wildman–Crippen MR) is 59.8 cm³/mol. The molecule has 1 aliphatic heterocycles. The Morgan fingerprint density at radius 1 is 1.67 bits per heavy atom. The molecule has 2 N–H and O–H groups in total. The van der Waals surface area contributed by atoms with Crippen molar-refractivity contribution in [2.24, 2.45) is 0 Å². The maximum absolute atomic E-state index is 13.0. The SMILES string of the molecule is CCc1cc(N2CC[C@@H](F)C2)ncc1N.